The molecular formula is C23H22FNO3S. The van der Waals surface area contributed by atoms with E-state index in [4.69, 9.17) is 4.74 Å². The molecule has 4 nitrogen and oxygen atoms in total. The fraction of sp³-hybridized carbons (Fsp3) is 0.304. The Morgan fingerprint density at radius 1 is 1.14 bits per heavy atom. The Bertz CT molecular complexity index is 1050. The zero-order valence-corrected chi connectivity index (χ0v) is 17.4. The first-order valence-corrected chi connectivity index (χ1v) is 10.3. The van der Waals surface area contributed by atoms with Gasteiger partial charge in [-0.3, -0.25) is 4.79 Å². The van der Waals surface area contributed by atoms with Gasteiger partial charge in [-0.25, -0.2) is 9.18 Å². The van der Waals surface area contributed by atoms with E-state index in [0.29, 0.717) is 29.7 Å². The normalized spacial score (nSPS) is 21.7. The lowest BCUT2D eigenvalue weighted by molar-refractivity contribution is -0.136. The lowest BCUT2D eigenvalue weighted by Crippen LogP contribution is -2.35. The van der Waals surface area contributed by atoms with E-state index in [1.54, 1.807) is 23.5 Å². The number of hydrogen-bond acceptors (Lipinski definition) is 5. The Kier molecular flexibility index (Phi) is 5.13. The van der Waals surface area contributed by atoms with Crippen LogP contribution in [0.2, 0.25) is 0 Å². The highest BCUT2D eigenvalue weighted by molar-refractivity contribution is 7.12. The molecule has 2 unspecified atom stereocenters. The molecule has 4 rings (SSSR count). The summed E-state index contributed by atoms with van der Waals surface area (Å²) in [6.45, 7) is 3.85. The highest BCUT2D eigenvalue weighted by Gasteiger charge is 2.41. The molecule has 0 amide bonds. The Balaban J connectivity index is 1.78. The van der Waals surface area contributed by atoms with E-state index in [-0.39, 0.29) is 17.5 Å². The number of hydrogen-bond donors (Lipinski definition) is 1. The number of benzene rings is 1. The second-order valence-electron chi connectivity index (χ2n) is 7.51. The van der Waals surface area contributed by atoms with E-state index >= 15 is 0 Å². The number of methoxy groups -OCH3 is 1. The summed E-state index contributed by atoms with van der Waals surface area (Å²) < 4.78 is 18.3. The number of aryl methyl sites for hydroxylation is 1. The summed E-state index contributed by atoms with van der Waals surface area (Å²) in [5, 5.41) is 3.30. The number of carbonyl (C=O) groups excluding carboxylic acids is 2. The zero-order chi connectivity index (χ0) is 20.7. The van der Waals surface area contributed by atoms with Crippen LogP contribution in [0.15, 0.2) is 58.9 Å². The van der Waals surface area contributed by atoms with Crippen molar-refractivity contribution in [2.24, 2.45) is 0 Å². The minimum Gasteiger partial charge on any atom is -0.466 e. The largest absolute Gasteiger partial charge is 0.466 e. The average Bonchev–Trinajstić information content (AvgIpc) is 3.12. The van der Waals surface area contributed by atoms with Crippen molar-refractivity contribution in [3.05, 3.63) is 80.1 Å². The first-order chi connectivity index (χ1) is 13.9. The molecule has 2 aromatic rings. The number of thiophene rings is 1. The quantitative estimate of drug-likeness (QED) is 0.742. The van der Waals surface area contributed by atoms with Crippen LogP contribution in [0.4, 0.5) is 4.39 Å². The molecule has 0 bridgehead atoms. The number of nitrogens with one attached hydrogen (secondary N) is 1. The number of ether oxygens (including phenoxy) is 1. The van der Waals surface area contributed by atoms with E-state index < -0.39 is 11.9 Å². The monoisotopic (exact) mass is 411 g/mol. The predicted molar refractivity (Wildman–Crippen MR) is 110 cm³/mol. The van der Waals surface area contributed by atoms with Crippen molar-refractivity contribution in [3.8, 4) is 0 Å². The smallest absolute Gasteiger partial charge is 0.336 e. The van der Waals surface area contributed by atoms with Crippen LogP contribution in [0.5, 0.6) is 0 Å². The fourth-order valence-corrected chi connectivity index (χ4v) is 5.28. The molecule has 1 aromatic carbocycles. The van der Waals surface area contributed by atoms with Gasteiger partial charge in [-0.1, -0.05) is 12.1 Å². The summed E-state index contributed by atoms with van der Waals surface area (Å²) in [5.74, 6) is -1.14. The number of carbonyl (C=O) groups is 2. The lowest BCUT2D eigenvalue weighted by atomic mass is 9.73. The van der Waals surface area contributed by atoms with Crippen molar-refractivity contribution < 1.29 is 18.7 Å². The molecule has 0 radical (unpaired) electrons. The first-order valence-electron chi connectivity index (χ1n) is 9.53. The summed E-state index contributed by atoms with van der Waals surface area (Å²) in [7, 11) is 1.36. The maximum Gasteiger partial charge on any atom is 0.336 e. The molecule has 2 atom stereocenters. The second kappa shape index (κ2) is 7.59. The van der Waals surface area contributed by atoms with Gasteiger partial charge in [0.05, 0.1) is 18.6 Å². The van der Waals surface area contributed by atoms with Crippen LogP contribution >= 0.6 is 11.3 Å². The minimum absolute atomic E-state index is 0.0121. The van der Waals surface area contributed by atoms with Crippen molar-refractivity contribution >= 4 is 23.1 Å². The summed E-state index contributed by atoms with van der Waals surface area (Å²) in [6, 6.07) is 10.3. The molecule has 150 valence electrons. The Labute approximate surface area is 173 Å². The van der Waals surface area contributed by atoms with E-state index in [0.717, 1.165) is 21.0 Å². The van der Waals surface area contributed by atoms with Crippen LogP contribution in [0.1, 0.15) is 46.9 Å². The molecule has 6 heteroatoms. The van der Waals surface area contributed by atoms with Gasteiger partial charge in [0.2, 0.25) is 0 Å². The summed E-state index contributed by atoms with van der Waals surface area (Å²) in [4.78, 5) is 28.0. The Morgan fingerprint density at radius 2 is 1.86 bits per heavy atom. The van der Waals surface area contributed by atoms with Crippen LogP contribution in [-0.4, -0.2) is 18.9 Å². The number of esters is 1. The number of dihydropyridines is 1. The van der Waals surface area contributed by atoms with Gasteiger partial charge in [0.25, 0.3) is 0 Å². The highest BCUT2D eigenvalue weighted by Crippen LogP contribution is 2.47. The van der Waals surface area contributed by atoms with Gasteiger partial charge < -0.3 is 10.1 Å². The van der Waals surface area contributed by atoms with Gasteiger partial charge in [-0.05, 0) is 56.0 Å². The van der Waals surface area contributed by atoms with E-state index in [1.807, 2.05) is 26.0 Å². The van der Waals surface area contributed by atoms with Gasteiger partial charge in [-0.15, -0.1) is 11.3 Å². The van der Waals surface area contributed by atoms with Gasteiger partial charge >= 0.3 is 5.97 Å². The van der Waals surface area contributed by atoms with Crippen LogP contribution in [-0.2, 0) is 14.3 Å². The van der Waals surface area contributed by atoms with E-state index in [9.17, 15) is 14.0 Å². The lowest BCUT2D eigenvalue weighted by Gasteiger charge is -2.36. The highest BCUT2D eigenvalue weighted by atomic mass is 32.1. The molecule has 0 saturated carbocycles. The summed E-state index contributed by atoms with van der Waals surface area (Å²) >= 11 is 1.59. The first kappa shape index (κ1) is 19.6. The van der Waals surface area contributed by atoms with Crippen molar-refractivity contribution in [2.75, 3.05) is 7.11 Å². The van der Waals surface area contributed by atoms with Crippen LogP contribution in [0, 0.1) is 12.7 Å². The maximum atomic E-state index is 13.3. The molecular weight excluding hydrogens is 389 g/mol. The molecule has 2 heterocycles. The number of Topliss-reactive ketones (excluding diaryl/α,β-unsaturated/α-hetero) is 1. The molecule has 0 saturated heterocycles. The van der Waals surface area contributed by atoms with Crippen molar-refractivity contribution in [1.29, 1.82) is 0 Å². The molecule has 0 fully saturated rings. The second-order valence-corrected chi connectivity index (χ2v) is 8.83. The maximum absolute atomic E-state index is 13.3. The third-order valence-corrected chi connectivity index (χ3v) is 6.69. The van der Waals surface area contributed by atoms with Crippen molar-refractivity contribution in [3.63, 3.8) is 0 Å². The molecule has 1 aliphatic carbocycles. The minimum atomic E-state index is -0.425. The zero-order valence-electron chi connectivity index (χ0n) is 16.5. The van der Waals surface area contributed by atoms with Crippen LogP contribution < -0.4 is 5.32 Å². The van der Waals surface area contributed by atoms with Gasteiger partial charge in [-0.2, -0.15) is 0 Å². The number of halogens is 1. The molecule has 1 aromatic heterocycles. The molecule has 29 heavy (non-hydrogen) atoms. The van der Waals surface area contributed by atoms with E-state index in [1.165, 1.54) is 19.2 Å². The number of allylic oxidation sites excluding steroid dienone is 3. The van der Waals surface area contributed by atoms with Crippen LogP contribution in [0.25, 0.3) is 0 Å². The van der Waals surface area contributed by atoms with Gasteiger partial charge in [0.15, 0.2) is 5.78 Å². The third-order valence-electron chi connectivity index (χ3n) is 5.62. The van der Waals surface area contributed by atoms with Gasteiger partial charge in [0, 0.05) is 33.1 Å². The third kappa shape index (κ3) is 3.53. The Morgan fingerprint density at radius 3 is 2.48 bits per heavy atom. The summed E-state index contributed by atoms with van der Waals surface area (Å²) in [6.07, 6.45) is 0.972. The van der Waals surface area contributed by atoms with Gasteiger partial charge in [0.1, 0.15) is 5.82 Å². The molecule has 1 N–H and O–H groups in total. The van der Waals surface area contributed by atoms with Crippen LogP contribution in [0.3, 0.4) is 0 Å². The SMILES string of the molecule is COC(=O)C1=C(C)NC2=C(C(=O)CC(c3ccc(F)cc3)C2)C1c1ccc(C)s1. The van der Waals surface area contributed by atoms with Crippen molar-refractivity contribution in [2.45, 2.75) is 38.5 Å². The van der Waals surface area contributed by atoms with Crippen molar-refractivity contribution in [1.82, 2.24) is 5.32 Å². The molecule has 0 spiro atoms. The molecule has 1 aliphatic heterocycles. The average molecular weight is 411 g/mol. The summed E-state index contributed by atoms with van der Waals surface area (Å²) in [5.41, 5.74) is 3.63. The van der Waals surface area contributed by atoms with E-state index in [2.05, 4.69) is 5.32 Å². The topological polar surface area (TPSA) is 55.4 Å². The number of ketones is 1. The number of rotatable bonds is 3. The predicted octanol–water partition coefficient (Wildman–Crippen LogP) is 4.73. The molecule has 2 aliphatic rings. The standard InChI is InChI=1S/C23H22FNO3S/c1-12-4-9-19(29-12)22-20(23(27)28-3)13(2)25-17-10-15(11-18(26)21(17)22)14-5-7-16(24)8-6-14/h4-9,15,22,25H,10-11H2,1-3H3. The Hall–Kier alpha value is -2.73. The fourth-order valence-electron chi connectivity index (χ4n) is 4.28.